The van der Waals surface area contributed by atoms with Crippen LogP contribution in [0.15, 0.2) is 48.8 Å². The van der Waals surface area contributed by atoms with Crippen LogP contribution in [0.3, 0.4) is 0 Å². The van der Waals surface area contributed by atoms with Gasteiger partial charge in [0.05, 0.1) is 11.9 Å². The maximum atomic E-state index is 11.5. The number of hydrogen-bond donors (Lipinski definition) is 1. The second-order valence-electron chi connectivity index (χ2n) is 4.40. The normalized spacial score (nSPS) is 10.8. The van der Waals surface area contributed by atoms with Gasteiger partial charge in [-0.25, -0.2) is 4.98 Å². The van der Waals surface area contributed by atoms with E-state index in [4.69, 9.17) is 5.73 Å². The van der Waals surface area contributed by atoms with E-state index in [0.717, 1.165) is 11.1 Å². The molecule has 0 bridgehead atoms. The van der Waals surface area contributed by atoms with Crippen molar-refractivity contribution in [2.45, 2.75) is 6.92 Å². The highest BCUT2D eigenvalue weighted by molar-refractivity contribution is 5.95. The van der Waals surface area contributed by atoms with Crippen molar-refractivity contribution in [3.8, 4) is 11.1 Å². The standard InChI is InChI=1S/C15H13N3O/c1-10(19)13-9-17-15-14(16)12(7-8-18(13)15)11-5-3-2-4-6-11/h2-9H,16H2,1H3. The molecule has 2 heterocycles. The lowest BCUT2D eigenvalue weighted by atomic mass is 10.1. The summed E-state index contributed by atoms with van der Waals surface area (Å²) in [5.41, 5.74) is 9.88. The summed E-state index contributed by atoms with van der Waals surface area (Å²) in [5.74, 6) is -0.0284. The average Bonchev–Trinajstić information content (AvgIpc) is 2.85. The first-order chi connectivity index (χ1) is 9.18. The number of Topliss-reactive ketones (excluding diaryl/α,β-unsaturated/α-hetero) is 1. The molecule has 4 heteroatoms. The molecule has 0 amide bonds. The molecule has 0 saturated heterocycles. The van der Waals surface area contributed by atoms with E-state index in [2.05, 4.69) is 4.98 Å². The van der Waals surface area contributed by atoms with Gasteiger partial charge in [-0.3, -0.25) is 9.20 Å². The van der Waals surface area contributed by atoms with Gasteiger partial charge < -0.3 is 5.73 Å². The van der Waals surface area contributed by atoms with E-state index in [1.54, 1.807) is 10.6 Å². The minimum atomic E-state index is -0.0284. The number of benzene rings is 1. The van der Waals surface area contributed by atoms with E-state index < -0.39 is 0 Å². The van der Waals surface area contributed by atoms with Gasteiger partial charge in [-0.05, 0) is 11.6 Å². The number of aromatic nitrogens is 2. The van der Waals surface area contributed by atoms with Crippen molar-refractivity contribution in [1.82, 2.24) is 9.38 Å². The zero-order valence-electron chi connectivity index (χ0n) is 10.5. The minimum absolute atomic E-state index is 0.0284. The highest BCUT2D eigenvalue weighted by Gasteiger charge is 2.12. The summed E-state index contributed by atoms with van der Waals surface area (Å²) in [4.78, 5) is 15.7. The van der Waals surface area contributed by atoms with Crippen LogP contribution >= 0.6 is 0 Å². The van der Waals surface area contributed by atoms with Crippen molar-refractivity contribution in [2.75, 3.05) is 5.73 Å². The third kappa shape index (κ3) is 1.78. The Balaban J connectivity index is 2.26. The van der Waals surface area contributed by atoms with E-state index in [1.165, 1.54) is 6.92 Å². The lowest BCUT2D eigenvalue weighted by Crippen LogP contribution is -2.01. The molecule has 19 heavy (non-hydrogen) atoms. The summed E-state index contributed by atoms with van der Waals surface area (Å²) < 4.78 is 1.73. The molecule has 2 N–H and O–H groups in total. The molecule has 2 aromatic heterocycles. The third-order valence-electron chi connectivity index (χ3n) is 3.16. The zero-order chi connectivity index (χ0) is 13.4. The summed E-state index contributed by atoms with van der Waals surface area (Å²) in [6.45, 7) is 1.52. The maximum Gasteiger partial charge on any atom is 0.178 e. The maximum absolute atomic E-state index is 11.5. The van der Waals surface area contributed by atoms with Gasteiger partial charge in [-0.1, -0.05) is 30.3 Å². The lowest BCUT2D eigenvalue weighted by molar-refractivity contribution is 0.101. The van der Waals surface area contributed by atoms with Gasteiger partial charge in [-0.2, -0.15) is 0 Å². The van der Waals surface area contributed by atoms with Gasteiger partial charge in [-0.15, -0.1) is 0 Å². The van der Waals surface area contributed by atoms with Crippen LogP contribution in [0.25, 0.3) is 16.8 Å². The van der Waals surface area contributed by atoms with Crippen molar-refractivity contribution in [3.05, 3.63) is 54.5 Å². The Labute approximate surface area is 110 Å². The monoisotopic (exact) mass is 251 g/mol. The molecule has 3 rings (SSSR count). The van der Waals surface area contributed by atoms with Crippen molar-refractivity contribution in [2.24, 2.45) is 0 Å². The van der Waals surface area contributed by atoms with Crippen LogP contribution in [0.5, 0.6) is 0 Å². The molecule has 0 radical (unpaired) electrons. The average molecular weight is 251 g/mol. The van der Waals surface area contributed by atoms with Crippen molar-refractivity contribution in [1.29, 1.82) is 0 Å². The van der Waals surface area contributed by atoms with E-state index in [1.807, 2.05) is 42.6 Å². The molecule has 0 atom stereocenters. The van der Waals surface area contributed by atoms with Crippen LogP contribution < -0.4 is 5.73 Å². The molecule has 4 nitrogen and oxygen atoms in total. The number of carbonyl (C=O) groups excluding carboxylic acids is 1. The molecule has 0 spiro atoms. The Bertz CT molecular complexity index is 760. The van der Waals surface area contributed by atoms with Gasteiger partial charge in [0, 0.05) is 18.7 Å². The second kappa shape index (κ2) is 4.24. The number of fused-ring (bicyclic) bond motifs is 1. The Hall–Kier alpha value is -2.62. The summed E-state index contributed by atoms with van der Waals surface area (Å²) in [6, 6.07) is 11.8. The van der Waals surface area contributed by atoms with Crippen LogP contribution in [0.4, 0.5) is 5.69 Å². The smallest absolute Gasteiger partial charge is 0.178 e. The van der Waals surface area contributed by atoms with E-state index >= 15 is 0 Å². The summed E-state index contributed by atoms with van der Waals surface area (Å²) in [7, 11) is 0. The molecule has 94 valence electrons. The number of anilines is 1. The molecular formula is C15H13N3O. The van der Waals surface area contributed by atoms with E-state index in [9.17, 15) is 4.79 Å². The van der Waals surface area contributed by atoms with Gasteiger partial charge in [0.15, 0.2) is 11.4 Å². The number of imidazole rings is 1. The SMILES string of the molecule is CC(=O)c1cnc2c(N)c(-c3ccccc3)ccn12. The predicted molar refractivity (Wildman–Crippen MR) is 75.0 cm³/mol. The Morgan fingerprint density at radius 1 is 1.21 bits per heavy atom. The minimum Gasteiger partial charge on any atom is -0.395 e. The molecule has 0 aliphatic rings. The molecule has 0 fully saturated rings. The van der Waals surface area contributed by atoms with Crippen LogP contribution in [0.1, 0.15) is 17.4 Å². The topological polar surface area (TPSA) is 60.4 Å². The Morgan fingerprint density at radius 2 is 1.95 bits per heavy atom. The number of rotatable bonds is 2. The fourth-order valence-corrected chi connectivity index (χ4v) is 2.20. The van der Waals surface area contributed by atoms with E-state index in [-0.39, 0.29) is 5.78 Å². The first-order valence-electron chi connectivity index (χ1n) is 6.00. The number of nitrogens with two attached hydrogens (primary N) is 1. The molecule has 0 saturated carbocycles. The van der Waals surface area contributed by atoms with Crippen LogP contribution in [-0.4, -0.2) is 15.2 Å². The number of nitrogens with zero attached hydrogens (tertiary/aromatic N) is 2. The summed E-state index contributed by atoms with van der Waals surface area (Å²) >= 11 is 0. The van der Waals surface area contributed by atoms with Gasteiger partial charge >= 0.3 is 0 Å². The largest absolute Gasteiger partial charge is 0.395 e. The quantitative estimate of drug-likeness (QED) is 0.712. The number of nitrogen functional groups attached to an aromatic ring is 1. The Morgan fingerprint density at radius 3 is 2.63 bits per heavy atom. The zero-order valence-corrected chi connectivity index (χ0v) is 10.5. The summed E-state index contributed by atoms with van der Waals surface area (Å²) in [5, 5.41) is 0. The summed E-state index contributed by atoms with van der Waals surface area (Å²) in [6.07, 6.45) is 3.39. The fourth-order valence-electron chi connectivity index (χ4n) is 2.20. The van der Waals surface area contributed by atoms with Crippen LogP contribution in [0, 0.1) is 0 Å². The first kappa shape index (κ1) is 11.5. The highest BCUT2D eigenvalue weighted by atomic mass is 16.1. The Kier molecular flexibility index (Phi) is 2.56. The van der Waals surface area contributed by atoms with Gasteiger partial charge in [0.25, 0.3) is 0 Å². The van der Waals surface area contributed by atoms with Crippen LogP contribution in [0.2, 0.25) is 0 Å². The molecule has 0 aliphatic heterocycles. The molecule has 1 aromatic carbocycles. The first-order valence-corrected chi connectivity index (χ1v) is 6.00. The van der Waals surface area contributed by atoms with Gasteiger partial charge in [0.2, 0.25) is 0 Å². The molecule has 0 aliphatic carbocycles. The van der Waals surface area contributed by atoms with Crippen molar-refractivity contribution >= 4 is 17.1 Å². The number of hydrogen-bond acceptors (Lipinski definition) is 3. The van der Waals surface area contributed by atoms with Crippen molar-refractivity contribution < 1.29 is 4.79 Å². The molecule has 3 aromatic rings. The van der Waals surface area contributed by atoms with Gasteiger partial charge in [0.1, 0.15) is 5.69 Å². The number of carbonyl (C=O) groups is 1. The van der Waals surface area contributed by atoms with Crippen molar-refractivity contribution in [3.63, 3.8) is 0 Å². The predicted octanol–water partition coefficient (Wildman–Crippen LogP) is 2.79. The third-order valence-corrected chi connectivity index (χ3v) is 3.16. The number of ketones is 1. The number of pyridine rings is 1. The molecular weight excluding hydrogens is 238 g/mol. The fraction of sp³-hybridized carbons (Fsp3) is 0.0667. The highest BCUT2D eigenvalue weighted by Crippen LogP contribution is 2.28. The van der Waals surface area contributed by atoms with E-state index in [0.29, 0.717) is 17.0 Å². The van der Waals surface area contributed by atoms with Crippen LogP contribution in [-0.2, 0) is 0 Å². The second-order valence-corrected chi connectivity index (χ2v) is 4.40. The molecule has 0 unspecified atom stereocenters. The lowest BCUT2D eigenvalue weighted by Gasteiger charge is -2.08.